The van der Waals surface area contributed by atoms with Crippen LogP contribution in [0.1, 0.15) is 25.8 Å². The van der Waals surface area contributed by atoms with Gasteiger partial charge in [-0.1, -0.05) is 30.0 Å². The highest BCUT2D eigenvalue weighted by atomic mass is 32.2. The summed E-state index contributed by atoms with van der Waals surface area (Å²) in [5.41, 5.74) is 0.682. The van der Waals surface area contributed by atoms with E-state index in [4.69, 9.17) is 14.2 Å². The van der Waals surface area contributed by atoms with Gasteiger partial charge in [0.05, 0.1) is 20.0 Å². The van der Waals surface area contributed by atoms with Crippen molar-refractivity contribution in [3.8, 4) is 17.2 Å². The number of hydrogen-bond acceptors (Lipinski definition) is 7. The lowest BCUT2D eigenvalue weighted by Gasteiger charge is -2.17. The summed E-state index contributed by atoms with van der Waals surface area (Å²) in [6, 6.07) is 14.7. The van der Waals surface area contributed by atoms with E-state index in [0.717, 1.165) is 0 Å². The number of carbonyl (C=O) groups is 1. The van der Waals surface area contributed by atoms with Gasteiger partial charge in [0, 0.05) is 18.3 Å². The van der Waals surface area contributed by atoms with Crippen LogP contribution in [-0.2, 0) is 11.3 Å². The third-order valence-corrected chi connectivity index (χ3v) is 5.45. The first-order chi connectivity index (χ1) is 15.0. The molecule has 0 radical (unpaired) electrons. The predicted molar refractivity (Wildman–Crippen MR) is 120 cm³/mol. The van der Waals surface area contributed by atoms with Crippen LogP contribution in [0.15, 0.2) is 53.7 Å². The van der Waals surface area contributed by atoms with Crippen LogP contribution in [0.3, 0.4) is 0 Å². The van der Waals surface area contributed by atoms with Gasteiger partial charge in [0.1, 0.15) is 5.75 Å². The van der Waals surface area contributed by atoms with Crippen molar-refractivity contribution in [1.82, 2.24) is 14.8 Å². The van der Waals surface area contributed by atoms with Gasteiger partial charge in [0.15, 0.2) is 28.6 Å². The number of aromatic nitrogens is 3. The summed E-state index contributed by atoms with van der Waals surface area (Å²) in [7, 11) is 3.19. The maximum Gasteiger partial charge on any atom is 0.234 e. The van der Waals surface area contributed by atoms with Crippen LogP contribution < -0.4 is 19.5 Å². The van der Waals surface area contributed by atoms with E-state index in [0.29, 0.717) is 40.5 Å². The van der Waals surface area contributed by atoms with E-state index in [-0.39, 0.29) is 17.8 Å². The van der Waals surface area contributed by atoms with Crippen LogP contribution in [0.4, 0.5) is 5.69 Å². The molecule has 0 aliphatic carbocycles. The molecule has 1 atom stereocenters. The summed E-state index contributed by atoms with van der Waals surface area (Å²) in [6.45, 7) is 4.57. The minimum Gasteiger partial charge on any atom is -0.497 e. The van der Waals surface area contributed by atoms with Gasteiger partial charge in [-0.2, -0.15) is 0 Å². The minimum absolute atomic E-state index is 0.135. The molecule has 9 heteroatoms. The molecule has 3 rings (SSSR count). The fraction of sp³-hybridized carbons (Fsp3) is 0.318. The van der Waals surface area contributed by atoms with E-state index in [9.17, 15) is 4.79 Å². The lowest BCUT2D eigenvalue weighted by molar-refractivity contribution is -0.113. The highest BCUT2D eigenvalue weighted by Gasteiger charge is 2.20. The molecule has 3 aromatic rings. The molecular formula is C22H26N4O4S. The van der Waals surface area contributed by atoms with Crippen molar-refractivity contribution in [2.24, 2.45) is 0 Å². The number of carbonyl (C=O) groups excluding carboxylic acids is 1. The van der Waals surface area contributed by atoms with Crippen molar-refractivity contribution < 1.29 is 19.0 Å². The molecular weight excluding hydrogens is 416 g/mol. The number of hydrogen-bond donors (Lipinski definition) is 1. The Balaban J connectivity index is 1.64. The molecule has 1 aromatic heterocycles. The number of methoxy groups -OCH3 is 2. The highest BCUT2D eigenvalue weighted by Crippen LogP contribution is 2.31. The number of nitrogens with one attached hydrogen (secondary N) is 1. The summed E-state index contributed by atoms with van der Waals surface area (Å²) in [4.78, 5) is 12.4. The molecule has 164 valence electrons. The molecule has 2 aromatic carbocycles. The average Bonchev–Trinajstić information content (AvgIpc) is 3.21. The second kappa shape index (κ2) is 10.7. The molecule has 8 nitrogen and oxygen atoms in total. The second-order valence-corrected chi connectivity index (χ2v) is 7.51. The topological polar surface area (TPSA) is 87.5 Å². The number of rotatable bonds is 10. The summed E-state index contributed by atoms with van der Waals surface area (Å²) in [5.74, 6) is 2.73. The molecule has 0 aliphatic heterocycles. The molecule has 0 saturated heterocycles. The SMILES string of the molecule is CCn1c(SCC(=O)Nc2cccc(OC)c2)nnc1C(C)Oc1ccccc1OC. The van der Waals surface area contributed by atoms with Gasteiger partial charge in [0.25, 0.3) is 0 Å². The lowest BCUT2D eigenvalue weighted by atomic mass is 10.3. The molecule has 31 heavy (non-hydrogen) atoms. The van der Waals surface area contributed by atoms with E-state index in [1.54, 1.807) is 20.3 Å². The zero-order valence-electron chi connectivity index (χ0n) is 18.0. The van der Waals surface area contributed by atoms with Crippen LogP contribution in [0.5, 0.6) is 17.2 Å². The first-order valence-electron chi connectivity index (χ1n) is 9.85. The Hall–Kier alpha value is -3.20. The van der Waals surface area contributed by atoms with Gasteiger partial charge in [-0.15, -0.1) is 10.2 Å². The molecule has 0 spiro atoms. The van der Waals surface area contributed by atoms with Crippen LogP contribution in [0, 0.1) is 0 Å². The van der Waals surface area contributed by atoms with E-state index in [1.807, 2.05) is 60.9 Å². The van der Waals surface area contributed by atoms with E-state index < -0.39 is 0 Å². The summed E-state index contributed by atoms with van der Waals surface area (Å²) >= 11 is 1.33. The first-order valence-corrected chi connectivity index (χ1v) is 10.8. The van der Waals surface area contributed by atoms with Crippen LogP contribution in [-0.4, -0.2) is 40.6 Å². The zero-order chi connectivity index (χ0) is 22.2. The maximum atomic E-state index is 12.4. The van der Waals surface area contributed by atoms with Gasteiger partial charge in [-0.05, 0) is 38.1 Å². The molecule has 1 N–H and O–H groups in total. The van der Waals surface area contributed by atoms with Crippen molar-refractivity contribution in [2.75, 3.05) is 25.3 Å². The Kier molecular flexibility index (Phi) is 7.77. The van der Waals surface area contributed by atoms with Crippen molar-refractivity contribution in [1.29, 1.82) is 0 Å². The largest absolute Gasteiger partial charge is 0.497 e. The lowest BCUT2D eigenvalue weighted by Crippen LogP contribution is -2.15. The molecule has 0 saturated carbocycles. The summed E-state index contributed by atoms with van der Waals surface area (Å²) < 4.78 is 18.5. The van der Waals surface area contributed by atoms with Crippen molar-refractivity contribution in [2.45, 2.75) is 31.7 Å². The highest BCUT2D eigenvalue weighted by molar-refractivity contribution is 7.99. The maximum absolute atomic E-state index is 12.4. The Morgan fingerprint density at radius 3 is 2.58 bits per heavy atom. The Labute approximate surface area is 185 Å². The summed E-state index contributed by atoms with van der Waals surface area (Å²) in [6.07, 6.45) is -0.344. The number of amides is 1. The van der Waals surface area contributed by atoms with Gasteiger partial charge >= 0.3 is 0 Å². The first kappa shape index (κ1) is 22.5. The Morgan fingerprint density at radius 2 is 1.87 bits per heavy atom. The molecule has 1 heterocycles. The fourth-order valence-electron chi connectivity index (χ4n) is 2.99. The average molecular weight is 443 g/mol. The molecule has 1 amide bonds. The van der Waals surface area contributed by atoms with Gasteiger partial charge in [-0.3, -0.25) is 4.79 Å². The smallest absolute Gasteiger partial charge is 0.234 e. The molecule has 0 bridgehead atoms. The Morgan fingerprint density at radius 1 is 1.10 bits per heavy atom. The second-order valence-electron chi connectivity index (χ2n) is 6.56. The number of para-hydroxylation sites is 2. The van der Waals surface area contributed by atoms with Gasteiger partial charge < -0.3 is 24.1 Å². The van der Waals surface area contributed by atoms with Crippen molar-refractivity contribution in [3.05, 3.63) is 54.4 Å². The van der Waals surface area contributed by atoms with E-state index >= 15 is 0 Å². The number of anilines is 1. The van der Waals surface area contributed by atoms with E-state index in [2.05, 4.69) is 15.5 Å². The number of thioether (sulfide) groups is 1. The van der Waals surface area contributed by atoms with Crippen molar-refractivity contribution >= 4 is 23.4 Å². The van der Waals surface area contributed by atoms with Gasteiger partial charge in [0.2, 0.25) is 5.91 Å². The normalized spacial score (nSPS) is 11.6. The third-order valence-electron chi connectivity index (χ3n) is 4.48. The molecule has 1 unspecified atom stereocenters. The minimum atomic E-state index is -0.344. The Bertz CT molecular complexity index is 1020. The standard InChI is InChI=1S/C22H26N4O4S/c1-5-26-21(15(2)30-19-12-7-6-11-18(19)29-4)24-25-22(26)31-14-20(27)23-16-9-8-10-17(13-16)28-3/h6-13,15H,5,14H2,1-4H3,(H,23,27). The zero-order valence-corrected chi connectivity index (χ0v) is 18.8. The fourth-order valence-corrected chi connectivity index (χ4v) is 3.80. The predicted octanol–water partition coefficient (Wildman–Crippen LogP) is 4.19. The van der Waals surface area contributed by atoms with Crippen LogP contribution in [0.25, 0.3) is 0 Å². The van der Waals surface area contributed by atoms with Gasteiger partial charge in [-0.25, -0.2) is 0 Å². The molecule has 0 fully saturated rings. The number of nitrogens with zero attached hydrogens (tertiary/aromatic N) is 3. The number of ether oxygens (including phenoxy) is 3. The quantitative estimate of drug-likeness (QED) is 0.471. The van der Waals surface area contributed by atoms with Crippen LogP contribution in [0.2, 0.25) is 0 Å². The molecule has 0 aliphatic rings. The van der Waals surface area contributed by atoms with Crippen LogP contribution >= 0.6 is 11.8 Å². The van der Waals surface area contributed by atoms with Crippen molar-refractivity contribution in [3.63, 3.8) is 0 Å². The summed E-state index contributed by atoms with van der Waals surface area (Å²) in [5, 5.41) is 12.1. The van der Waals surface area contributed by atoms with E-state index in [1.165, 1.54) is 11.8 Å². The monoisotopic (exact) mass is 442 g/mol. The number of benzene rings is 2. The third kappa shape index (κ3) is 5.69.